The number of ether oxygens (including phenoxy) is 12. The zero-order chi connectivity index (χ0) is 56.3. The molecule has 0 atom stereocenters. The number of fused-ring (bicyclic) bond motifs is 1. The van der Waals surface area contributed by atoms with Crippen LogP contribution >= 0.6 is 11.3 Å². The fourth-order valence-corrected chi connectivity index (χ4v) is 8.49. The average molecular weight is 1140 g/mol. The number of halogens is 4. The van der Waals surface area contributed by atoms with Gasteiger partial charge in [0.25, 0.3) is 0 Å². The summed E-state index contributed by atoms with van der Waals surface area (Å²) in [6.45, 7) is 13.6. The average Bonchev–Trinajstić information content (AvgIpc) is 3.74. The second kappa shape index (κ2) is 38.8. The highest BCUT2D eigenvalue weighted by molar-refractivity contribution is 7.14. The fourth-order valence-electron chi connectivity index (χ4n) is 7.57. The Balaban J connectivity index is 0.733. The molecular formula is C54H77F4N5O15S. The molecule has 1 saturated heterocycles. The van der Waals surface area contributed by atoms with Crippen LogP contribution in [0.25, 0.3) is 6.08 Å². The molecule has 20 nitrogen and oxygen atoms in total. The van der Waals surface area contributed by atoms with Gasteiger partial charge in [-0.05, 0) is 44.2 Å². The maximum Gasteiger partial charge on any atom is 0.407 e. The number of carbonyl (C=O) groups is 3. The van der Waals surface area contributed by atoms with Crippen molar-refractivity contribution >= 4 is 46.9 Å². The van der Waals surface area contributed by atoms with Crippen molar-refractivity contribution in [3.63, 3.8) is 0 Å². The number of rotatable bonds is 42. The summed E-state index contributed by atoms with van der Waals surface area (Å²) in [6.07, 6.45) is 5.77. The minimum Gasteiger partial charge on any atom is -0.446 e. The second-order valence-electron chi connectivity index (χ2n) is 18.2. The largest absolute Gasteiger partial charge is 0.446 e. The highest BCUT2D eigenvalue weighted by atomic mass is 32.1. The number of benzene rings is 1. The van der Waals surface area contributed by atoms with Crippen molar-refractivity contribution in [1.82, 2.24) is 15.1 Å². The molecule has 1 aliphatic carbocycles. The van der Waals surface area contributed by atoms with Crippen molar-refractivity contribution in [2.75, 3.05) is 171 Å². The SMILES string of the molecule is CCCN(CCCNC(=O)OC1CCC1)C(=O)C1=Cc2sc(C#CC3CN(CCOCCOCCOCCOCCOCCOCCOCCOCCOCCOCCC(=O)Oc4c(F)c(F)cc(F)c4F)C3)cc2N=C(N)C1. The first kappa shape index (κ1) is 65.0. The summed E-state index contributed by atoms with van der Waals surface area (Å²) in [5.74, 6) is -2.22. The van der Waals surface area contributed by atoms with Crippen LogP contribution in [0, 0.1) is 41.0 Å². The smallest absolute Gasteiger partial charge is 0.407 e. The molecule has 0 radical (unpaired) electrons. The van der Waals surface area contributed by atoms with Crippen molar-refractivity contribution in [1.29, 1.82) is 0 Å². The quantitative estimate of drug-likeness (QED) is 0.0211. The van der Waals surface area contributed by atoms with E-state index in [4.69, 9.17) is 57.8 Å². The zero-order valence-corrected chi connectivity index (χ0v) is 46.0. The number of carbonyl (C=O) groups excluding carboxylic acids is 3. The molecule has 2 fully saturated rings. The van der Waals surface area contributed by atoms with Gasteiger partial charge in [0.05, 0.1) is 154 Å². The Kier molecular flexibility index (Phi) is 31.9. The van der Waals surface area contributed by atoms with Gasteiger partial charge in [0, 0.05) is 63.2 Å². The van der Waals surface area contributed by atoms with Gasteiger partial charge in [-0.2, -0.15) is 8.78 Å². The molecule has 79 heavy (non-hydrogen) atoms. The van der Waals surface area contributed by atoms with E-state index in [2.05, 4.69) is 31.8 Å². The minimum atomic E-state index is -1.80. The van der Waals surface area contributed by atoms with E-state index in [9.17, 15) is 31.9 Å². The van der Waals surface area contributed by atoms with Crippen LogP contribution in [0.3, 0.4) is 0 Å². The molecule has 5 rings (SSSR count). The summed E-state index contributed by atoms with van der Waals surface area (Å²) >= 11 is 1.51. The number of aliphatic imine (C=N–C) groups is 1. The lowest BCUT2D eigenvalue weighted by Crippen LogP contribution is -2.47. The topological polar surface area (TPSA) is 219 Å². The molecule has 0 bridgehead atoms. The van der Waals surface area contributed by atoms with E-state index in [0.29, 0.717) is 150 Å². The first-order valence-electron chi connectivity index (χ1n) is 27.0. The van der Waals surface area contributed by atoms with E-state index in [-0.39, 0.29) is 50.2 Å². The molecule has 0 spiro atoms. The lowest BCUT2D eigenvalue weighted by molar-refractivity contribution is -0.136. The Bertz CT molecular complexity index is 2230. The van der Waals surface area contributed by atoms with Crippen LogP contribution in [0.5, 0.6) is 5.75 Å². The Morgan fingerprint density at radius 1 is 0.722 bits per heavy atom. The van der Waals surface area contributed by atoms with Crippen LogP contribution in [0.4, 0.5) is 28.0 Å². The van der Waals surface area contributed by atoms with Gasteiger partial charge in [0.2, 0.25) is 23.3 Å². The fraction of sp³-hybridized carbons (Fsp3) is 0.667. The number of hydrogen-bond acceptors (Lipinski definition) is 19. The van der Waals surface area contributed by atoms with Crippen molar-refractivity contribution in [3.8, 4) is 17.6 Å². The molecule has 2 aliphatic heterocycles. The standard InChI is InChI=1S/C54H77F4N5O15S/c1-2-11-63(12-4-10-60-54(66)77-42-5-3-6-42)53(65)41-34-47-46(61-48(59)35-41)36-43(79-47)8-7-40-38-62(39-40)13-15-68-17-19-70-21-23-72-25-27-74-29-31-76-33-32-75-30-28-73-26-24-71-22-20-69-18-16-67-14-9-49(64)78-52-50(57)44(55)37-45(56)51(52)58/h34,36-37,40,42H,2-6,9-33,35,38-39H2,1H3,(H2,59,61)(H,60,66). The number of nitrogens with two attached hydrogens (primary N) is 1. The van der Waals surface area contributed by atoms with Crippen LogP contribution in [-0.2, 0) is 61.7 Å². The third kappa shape index (κ3) is 26.1. The summed E-state index contributed by atoms with van der Waals surface area (Å²) in [5, 5.41) is 2.80. The highest BCUT2D eigenvalue weighted by Crippen LogP contribution is 2.35. The molecule has 3 heterocycles. The molecule has 2 aromatic rings. The maximum atomic E-state index is 13.7. The third-order valence-electron chi connectivity index (χ3n) is 11.9. The van der Waals surface area contributed by atoms with Crippen LogP contribution in [-0.4, -0.2) is 211 Å². The lowest BCUT2D eigenvalue weighted by Gasteiger charge is -2.36. The van der Waals surface area contributed by atoms with E-state index in [1.807, 2.05) is 24.0 Å². The molecule has 3 N–H and O–H groups in total. The number of nitrogens with one attached hydrogen (secondary N) is 1. The Labute approximate surface area is 463 Å². The zero-order valence-electron chi connectivity index (χ0n) is 45.2. The summed E-state index contributed by atoms with van der Waals surface area (Å²) in [4.78, 5) is 47.9. The molecular weight excluding hydrogens is 1070 g/mol. The first-order chi connectivity index (χ1) is 38.5. The van der Waals surface area contributed by atoms with Crippen molar-refractivity contribution in [2.45, 2.75) is 58.0 Å². The number of thiophene rings is 1. The molecule has 1 saturated carbocycles. The third-order valence-corrected chi connectivity index (χ3v) is 12.9. The number of esters is 1. The van der Waals surface area contributed by atoms with E-state index in [0.717, 1.165) is 60.8 Å². The predicted molar refractivity (Wildman–Crippen MR) is 283 cm³/mol. The molecule has 442 valence electrons. The molecule has 0 unspecified atom stereocenters. The van der Waals surface area contributed by atoms with Crippen LogP contribution in [0.2, 0.25) is 0 Å². The van der Waals surface area contributed by atoms with Gasteiger partial charge in [-0.3, -0.25) is 14.5 Å². The Hall–Kier alpha value is -4.82. The number of nitrogens with zero attached hydrogens (tertiary/aromatic N) is 3. The lowest BCUT2D eigenvalue weighted by atomic mass is 9.96. The summed E-state index contributed by atoms with van der Waals surface area (Å²) in [5.41, 5.74) is 7.61. The van der Waals surface area contributed by atoms with Crippen molar-refractivity contribution < 1.29 is 88.8 Å². The van der Waals surface area contributed by atoms with Crippen LogP contribution < -0.4 is 15.8 Å². The van der Waals surface area contributed by atoms with Crippen LogP contribution in [0.1, 0.15) is 61.6 Å². The Morgan fingerprint density at radius 3 is 1.72 bits per heavy atom. The summed E-state index contributed by atoms with van der Waals surface area (Å²) in [6, 6.07) is 1.96. The van der Waals surface area contributed by atoms with Gasteiger partial charge < -0.3 is 72.8 Å². The van der Waals surface area contributed by atoms with E-state index in [1.165, 1.54) is 11.3 Å². The van der Waals surface area contributed by atoms with Crippen molar-refractivity contribution in [2.24, 2.45) is 16.6 Å². The number of likely N-dealkylation sites (tertiary alicyclic amines) is 1. The number of alkyl carbamates (subject to hydrolysis) is 1. The number of amidine groups is 1. The summed E-state index contributed by atoms with van der Waals surface area (Å²) < 4.78 is 118. The van der Waals surface area contributed by atoms with Gasteiger partial charge >= 0.3 is 12.1 Å². The van der Waals surface area contributed by atoms with E-state index >= 15 is 0 Å². The monoisotopic (exact) mass is 1140 g/mol. The van der Waals surface area contributed by atoms with Crippen LogP contribution in [0.15, 0.2) is 22.7 Å². The summed E-state index contributed by atoms with van der Waals surface area (Å²) in [7, 11) is 0. The molecule has 1 aromatic heterocycles. The molecule has 3 aliphatic rings. The van der Waals surface area contributed by atoms with E-state index in [1.54, 1.807) is 0 Å². The normalized spacial score (nSPS) is 14.5. The van der Waals surface area contributed by atoms with Gasteiger partial charge in [-0.1, -0.05) is 18.8 Å². The minimum absolute atomic E-state index is 0.0171. The molecule has 2 amide bonds. The number of hydrogen-bond donors (Lipinski definition) is 2. The highest BCUT2D eigenvalue weighted by Gasteiger charge is 2.27. The Morgan fingerprint density at radius 2 is 1.23 bits per heavy atom. The van der Waals surface area contributed by atoms with Gasteiger partial charge in [0.1, 0.15) is 11.9 Å². The maximum absolute atomic E-state index is 13.7. The number of amides is 2. The second-order valence-corrected chi connectivity index (χ2v) is 19.3. The molecule has 25 heteroatoms. The van der Waals surface area contributed by atoms with E-state index < -0.39 is 47.5 Å². The molecule has 1 aromatic carbocycles. The predicted octanol–water partition coefficient (Wildman–Crippen LogP) is 5.43. The van der Waals surface area contributed by atoms with Crippen molar-refractivity contribution in [3.05, 3.63) is 50.7 Å². The van der Waals surface area contributed by atoms with Gasteiger partial charge in [0.15, 0.2) is 11.6 Å². The van der Waals surface area contributed by atoms with Gasteiger partial charge in [-0.15, -0.1) is 11.3 Å². The van der Waals surface area contributed by atoms with Gasteiger partial charge in [-0.25, -0.2) is 18.6 Å². The first-order valence-corrected chi connectivity index (χ1v) is 27.8.